The average molecular weight is 625 g/mol. The van der Waals surface area contributed by atoms with E-state index in [1.54, 1.807) is 33.1 Å². The van der Waals surface area contributed by atoms with Crippen molar-refractivity contribution < 1.29 is 44.2 Å². The molecule has 4 N–H and O–H groups in total. The molecule has 1 saturated heterocycles. The SMILES string of the molecule is CO/C1=C\C=C(/C)[C@@H](C)[C@@H](O)[C@@H](C)C/C(C)=C/CC[C@H](OC)[C@@H]([C@@H](C)[C@@H](O)[C@H](C)[C@@]2(O)C[C@@H](O)[C@H](C)[C@@H](C(C)C)O2)OC1=O. The number of aliphatic hydroxyl groups is 4. The van der Waals surface area contributed by atoms with Gasteiger partial charge in [-0.05, 0) is 51.0 Å². The Morgan fingerprint density at radius 2 is 1.66 bits per heavy atom. The Morgan fingerprint density at radius 3 is 2.23 bits per heavy atom. The van der Waals surface area contributed by atoms with Gasteiger partial charge >= 0.3 is 5.97 Å². The maximum atomic E-state index is 13.5. The van der Waals surface area contributed by atoms with Crippen LogP contribution < -0.4 is 0 Å². The molecule has 0 saturated carbocycles. The van der Waals surface area contributed by atoms with Crippen LogP contribution in [0.2, 0.25) is 0 Å². The number of carbonyl (C=O) groups is 1. The Balaban J connectivity index is 2.48. The number of aliphatic hydroxyl groups excluding tert-OH is 3. The Labute approximate surface area is 265 Å². The molecule has 0 unspecified atom stereocenters. The minimum Gasteiger partial charge on any atom is -0.490 e. The minimum atomic E-state index is -1.78. The number of hydrogen-bond donors (Lipinski definition) is 4. The maximum Gasteiger partial charge on any atom is 0.373 e. The lowest BCUT2D eigenvalue weighted by Crippen LogP contribution is -2.59. The van der Waals surface area contributed by atoms with Gasteiger partial charge in [-0.1, -0.05) is 71.8 Å². The van der Waals surface area contributed by atoms with Crippen molar-refractivity contribution in [1.29, 1.82) is 0 Å². The number of rotatable bonds is 7. The molecule has 0 aromatic carbocycles. The fourth-order valence-corrected chi connectivity index (χ4v) is 6.71. The third-order valence-corrected chi connectivity index (χ3v) is 10.1. The first kappa shape index (κ1) is 38.4. The second kappa shape index (κ2) is 16.7. The van der Waals surface area contributed by atoms with Crippen molar-refractivity contribution in [2.24, 2.45) is 35.5 Å². The summed E-state index contributed by atoms with van der Waals surface area (Å²) in [5, 5.41) is 45.1. The van der Waals surface area contributed by atoms with E-state index in [-0.39, 0.29) is 35.9 Å². The largest absolute Gasteiger partial charge is 0.490 e. The molecular formula is C35H60O9. The second-order valence-corrected chi connectivity index (χ2v) is 13.8. The van der Waals surface area contributed by atoms with E-state index in [1.165, 1.54) is 7.11 Å². The molecular weight excluding hydrogens is 564 g/mol. The summed E-state index contributed by atoms with van der Waals surface area (Å²) in [6.45, 7) is 17.3. The monoisotopic (exact) mass is 624 g/mol. The first-order chi connectivity index (χ1) is 20.5. The molecule has 0 radical (unpaired) electrons. The highest BCUT2D eigenvalue weighted by molar-refractivity contribution is 5.86. The molecule has 2 aliphatic rings. The van der Waals surface area contributed by atoms with E-state index in [0.29, 0.717) is 12.8 Å². The standard InChI is InChI=1S/C35H60O9/c1-19(2)32-24(7)27(36)18-35(40,44-32)26(9)31(38)25(8)33-28(41-10)14-12-13-20(3)17-22(5)30(37)23(6)21(4)15-16-29(42-11)34(39)43-33/h13,15-16,19,22-28,30-33,36-38,40H,12,14,17-18H2,1-11H3/b20-13+,21-15+,29-16-/t22-,23+,24-,25-,26-,27+,28-,30-,31+,32+,33+,35+/m0/s1. The van der Waals surface area contributed by atoms with Gasteiger partial charge in [0, 0.05) is 37.2 Å². The lowest BCUT2D eigenvalue weighted by Gasteiger charge is -2.49. The Kier molecular flexibility index (Phi) is 14.6. The number of cyclic esters (lactones) is 1. The molecule has 0 aliphatic carbocycles. The lowest BCUT2D eigenvalue weighted by molar-refractivity contribution is -0.328. The summed E-state index contributed by atoms with van der Waals surface area (Å²) in [7, 11) is 2.93. The fourth-order valence-electron chi connectivity index (χ4n) is 6.71. The Hall–Kier alpha value is -1.75. The van der Waals surface area contributed by atoms with Gasteiger partial charge in [-0.15, -0.1) is 0 Å². The first-order valence-corrected chi connectivity index (χ1v) is 16.2. The number of ether oxygens (including phenoxy) is 4. The number of hydrogen-bond acceptors (Lipinski definition) is 9. The van der Waals surface area contributed by atoms with Crippen LogP contribution in [0.15, 0.2) is 35.1 Å². The molecule has 9 heteroatoms. The van der Waals surface area contributed by atoms with E-state index in [9.17, 15) is 25.2 Å². The molecule has 0 aromatic rings. The summed E-state index contributed by atoms with van der Waals surface area (Å²) in [5.74, 6) is -4.27. The molecule has 44 heavy (non-hydrogen) atoms. The summed E-state index contributed by atoms with van der Waals surface area (Å²) in [5.41, 5.74) is 2.04. The van der Waals surface area contributed by atoms with Gasteiger partial charge in [0.25, 0.3) is 0 Å². The topological polar surface area (TPSA) is 135 Å². The smallest absolute Gasteiger partial charge is 0.373 e. The summed E-state index contributed by atoms with van der Waals surface area (Å²) in [6, 6.07) is 0. The highest BCUT2D eigenvalue weighted by Crippen LogP contribution is 2.41. The average Bonchev–Trinajstić information content (AvgIpc) is 2.97. The Morgan fingerprint density at radius 1 is 1.02 bits per heavy atom. The summed E-state index contributed by atoms with van der Waals surface area (Å²) >= 11 is 0. The van der Waals surface area contributed by atoms with Crippen molar-refractivity contribution in [2.45, 2.75) is 130 Å². The Bertz CT molecular complexity index is 1020. The van der Waals surface area contributed by atoms with Crippen LogP contribution in [0.4, 0.5) is 0 Å². The summed E-state index contributed by atoms with van der Waals surface area (Å²) in [4.78, 5) is 13.5. The predicted molar refractivity (Wildman–Crippen MR) is 170 cm³/mol. The van der Waals surface area contributed by atoms with Crippen LogP contribution in [0.3, 0.4) is 0 Å². The zero-order valence-electron chi connectivity index (χ0n) is 28.8. The minimum absolute atomic E-state index is 0.0253. The van der Waals surface area contributed by atoms with Gasteiger partial charge in [0.1, 0.15) is 6.10 Å². The van der Waals surface area contributed by atoms with Crippen molar-refractivity contribution in [3.63, 3.8) is 0 Å². The molecule has 254 valence electrons. The van der Waals surface area contributed by atoms with Crippen molar-refractivity contribution in [3.05, 3.63) is 35.1 Å². The quantitative estimate of drug-likeness (QED) is 0.230. The van der Waals surface area contributed by atoms with E-state index in [4.69, 9.17) is 18.9 Å². The van der Waals surface area contributed by atoms with Gasteiger partial charge in [0.2, 0.25) is 5.76 Å². The van der Waals surface area contributed by atoms with Crippen molar-refractivity contribution in [2.75, 3.05) is 14.2 Å². The second-order valence-electron chi connectivity index (χ2n) is 13.8. The van der Waals surface area contributed by atoms with E-state index >= 15 is 0 Å². The van der Waals surface area contributed by atoms with Crippen LogP contribution in [0.1, 0.15) is 88.0 Å². The van der Waals surface area contributed by atoms with E-state index < -0.39 is 60.2 Å². The lowest BCUT2D eigenvalue weighted by atomic mass is 9.76. The van der Waals surface area contributed by atoms with Crippen LogP contribution in [0.5, 0.6) is 0 Å². The van der Waals surface area contributed by atoms with Crippen molar-refractivity contribution in [3.8, 4) is 0 Å². The zero-order valence-corrected chi connectivity index (χ0v) is 28.8. The first-order valence-electron chi connectivity index (χ1n) is 16.2. The predicted octanol–water partition coefficient (Wildman–Crippen LogP) is 4.92. The van der Waals surface area contributed by atoms with E-state index in [1.807, 2.05) is 48.5 Å². The van der Waals surface area contributed by atoms with Crippen LogP contribution in [0, 0.1) is 35.5 Å². The highest BCUT2D eigenvalue weighted by Gasteiger charge is 2.51. The van der Waals surface area contributed by atoms with Crippen LogP contribution >= 0.6 is 0 Å². The van der Waals surface area contributed by atoms with Gasteiger partial charge in [0.05, 0.1) is 37.6 Å². The molecule has 0 bridgehead atoms. The number of carbonyl (C=O) groups excluding carboxylic acids is 1. The van der Waals surface area contributed by atoms with Crippen LogP contribution in [-0.2, 0) is 23.7 Å². The molecule has 0 amide bonds. The number of methoxy groups -OCH3 is 2. The van der Waals surface area contributed by atoms with Crippen LogP contribution in [-0.4, -0.2) is 83.0 Å². The highest BCUT2D eigenvalue weighted by atomic mass is 16.6. The molecule has 2 heterocycles. The van der Waals surface area contributed by atoms with E-state index in [2.05, 4.69) is 6.08 Å². The van der Waals surface area contributed by atoms with Crippen molar-refractivity contribution >= 4 is 5.97 Å². The van der Waals surface area contributed by atoms with Gasteiger partial charge in [-0.25, -0.2) is 4.79 Å². The van der Waals surface area contributed by atoms with Gasteiger partial charge in [0.15, 0.2) is 5.79 Å². The maximum absolute atomic E-state index is 13.5. The number of allylic oxidation sites excluding steroid dienone is 4. The molecule has 2 rings (SSSR count). The fraction of sp³-hybridized carbons (Fsp3) is 0.800. The van der Waals surface area contributed by atoms with Gasteiger partial charge in [-0.3, -0.25) is 0 Å². The third-order valence-electron chi connectivity index (χ3n) is 10.1. The zero-order chi connectivity index (χ0) is 33.5. The van der Waals surface area contributed by atoms with Gasteiger partial charge in [-0.2, -0.15) is 0 Å². The summed E-state index contributed by atoms with van der Waals surface area (Å²) in [6.07, 6.45) is 2.84. The third kappa shape index (κ3) is 9.39. The molecule has 12 atom stereocenters. The molecule has 1 fully saturated rings. The van der Waals surface area contributed by atoms with Crippen molar-refractivity contribution in [1.82, 2.24) is 0 Å². The molecule has 9 nitrogen and oxygen atoms in total. The van der Waals surface area contributed by atoms with Crippen LogP contribution in [0.25, 0.3) is 0 Å². The summed E-state index contributed by atoms with van der Waals surface area (Å²) < 4.78 is 23.5. The number of esters is 1. The molecule has 2 aliphatic heterocycles. The molecule has 0 spiro atoms. The normalized spacial score (nSPS) is 40.8. The van der Waals surface area contributed by atoms with Gasteiger partial charge < -0.3 is 39.4 Å². The van der Waals surface area contributed by atoms with E-state index in [0.717, 1.165) is 17.6 Å². The molecule has 0 aromatic heterocycles.